The summed E-state index contributed by atoms with van der Waals surface area (Å²) in [6.07, 6.45) is 1.58. The van der Waals surface area contributed by atoms with Crippen LogP contribution in [0.25, 0.3) is 0 Å². The molecule has 2 heterocycles. The molecule has 0 atom stereocenters. The van der Waals surface area contributed by atoms with Crippen LogP contribution in [-0.2, 0) is 6.54 Å². The molecule has 1 aliphatic heterocycles. The van der Waals surface area contributed by atoms with Crippen LogP contribution >= 0.6 is 0 Å². The summed E-state index contributed by atoms with van der Waals surface area (Å²) in [4.78, 5) is 29.6. The number of pyridine rings is 1. The Hall–Kier alpha value is -2.73. The summed E-state index contributed by atoms with van der Waals surface area (Å²) >= 11 is 0. The van der Waals surface area contributed by atoms with E-state index in [4.69, 9.17) is 5.84 Å². The molecule has 3 rings (SSSR count). The first kappa shape index (κ1) is 12.3. The fourth-order valence-corrected chi connectivity index (χ4v) is 2.17. The molecule has 6 nitrogen and oxygen atoms in total. The highest BCUT2D eigenvalue weighted by Gasteiger charge is 2.34. The maximum Gasteiger partial charge on any atom is 0.261 e. The van der Waals surface area contributed by atoms with Crippen molar-refractivity contribution in [2.75, 3.05) is 5.43 Å². The van der Waals surface area contributed by atoms with Crippen molar-refractivity contribution < 1.29 is 9.59 Å². The van der Waals surface area contributed by atoms with Crippen molar-refractivity contribution in [3.8, 4) is 0 Å². The lowest BCUT2D eigenvalue weighted by atomic mass is 10.1. The van der Waals surface area contributed by atoms with E-state index >= 15 is 0 Å². The molecular weight excluding hydrogens is 256 g/mol. The Bertz CT molecular complexity index is 647. The molecule has 0 spiro atoms. The number of carbonyl (C=O) groups is 2. The number of rotatable bonds is 3. The first-order chi connectivity index (χ1) is 9.70. The lowest BCUT2D eigenvalue weighted by molar-refractivity contribution is 0.0642. The quantitative estimate of drug-likeness (QED) is 0.495. The van der Waals surface area contributed by atoms with Crippen molar-refractivity contribution in [1.29, 1.82) is 0 Å². The third-order valence-corrected chi connectivity index (χ3v) is 3.19. The Morgan fingerprint density at radius 3 is 2.20 bits per heavy atom. The maximum absolute atomic E-state index is 12.2. The Kier molecular flexibility index (Phi) is 2.92. The maximum atomic E-state index is 12.2. The number of anilines is 1. The van der Waals surface area contributed by atoms with E-state index < -0.39 is 0 Å². The molecule has 0 fully saturated rings. The summed E-state index contributed by atoms with van der Waals surface area (Å²) in [5.74, 6) is 5.21. The van der Waals surface area contributed by atoms with Crippen molar-refractivity contribution in [3.63, 3.8) is 0 Å². The number of nitrogen functional groups attached to an aromatic ring is 1. The highest BCUT2D eigenvalue weighted by molar-refractivity contribution is 6.21. The number of fused-ring (bicyclic) bond motifs is 1. The molecule has 1 aliphatic rings. The highest BCUT2D eigenvalue weighted by Crippen LogP contribution is 2.24. The highest BCUT2D eigenvalue weighted by atomic mass is 16.2. The zero-order chi connectivity index (χ0) is 14.1. The van der Waals surface area contributed by atoms with Crippen LogP contribution in [0.5, 0.6) is 0 Å². The minimum Gasteiger partial charge on any atom is -0.308 e. The van der Waals surface area contributed by atoms with E-state index in [9.17, 15) is 9.59 Å². The molecule has 6 heteroatoms. The smallest absolute Gasteiger partial charge is 0.261 e. The normalized spacial score (nSPS) is 13.6. The molecule has 2 aromatic rings. The molecule has 0 saturated heterocycles. The van der Waals surface area contributed by atoms with Crippen LogP contribution in [0.4, 0.5) is 5.82 Å². The largest absolute Gasteiger partial charge is 0.308 e. The van der Waals surface area contributed by atoms with Gasteiger partial charge in [0.2, 0.25) is 0 Å². The Morgan fingerprint density at radius 2 is 1.70 bits per heavy atom. The number of nitrogens with zero attached hydrogens (tertiary/aromatic N) is 2. The van der Waals surface area contributed by atoms with Gasteiger partial charge in [0.05, 0.1) is 17.7 Å². The van der Waals surface area contributed by atoms with Gasteiger partial charge in [-0.3, -0.25) is 14.5 Å². The van der Waals surface area contributed by atoms with E-state index in [2.05, 4.69) is 10.4 Å². The Morgan fingerprint density at radius 1 is 1.05 bits per heavy atom. The molecule has 0 aliphatic carbocycles. The fraction of sp³-hybridized carbons (Fsp3) is 0.0714. The van der Waals surface area contributed by atoms with Gasteiger partial charge in [-0.05, 0) is 23.8 Å². The van der Waals surface area contributed by atoms with Crippen molar-refractivity contribution in [2.45, 2.75) is 6.54 Å². The standard InChI is InChI=1S/C14H12N4O2/c15-17-12-6-5-9(7-16-12)8-18-13(19)10-3-1-2-4-11(10)14(18)20/h1-7H,8,15H2,(H,16,17). The fourth-order valence-electron chi connectivity index (χ4n) is 2.17. The lowest BCUT2D eigenvalue weighted by Crippen LogP contribution is -2.29. The van der Waals surface area contributed by atoms with Crippen molar-refractivity contribution in [2.24, 2.45) is 5.84 Å². The van der Waals surface area contributed by atoms with Gasteiger partial charge < -0.3 is 5.43 Å². The SMILES string of the molecule is NNc1ccc(CN2C(=O)c3ccccc3C2=O)cn1. The minimum atomic E-state index is -0.272. The van der Waals surface area contributed by atoms with Crippen LogP contribution < -0.4 is 11.3 Å². The van der Waals surface area contributed by atoms with E-state index in [1.54, 1.807) is 42.6 Å². The van der Waals surface area contributed by atoms with Gasteiger partial charge in [0.25, 0.3) is 11.8 Å². The summed E-state index contributed by atoms with van der Waals surface area (Å²) in [5, 5.41) is 0. The third kappa shape index (κ3) is 1.92. The number of hydrogen-bond donors (Lipinski definition) is 2. The minimum absolute atomic E-state index is 0.199. The first-order valence-corrected chi connectivity index (χ1v) is 6.07. The summed E-state index contributed by atoms with van der Waals surface area (Å²) in [5.41, 5.74) is 4.08. The lowest BCUT2D eigenvalue weighted by Gasteiger charge is -2.13. The number of hydrazine groups is 1. The van der Waals surface area contributed by atoms with E-state index in [1.165, 1.54) is 4.90 Å². The summed E-state index contributed by atoms with van der Waals surface area (Å²) < 4.78 is 0. The van der Waals surface area contributed by atoms with E-state index in [-0.39, 0.29) is 18.4 Å². The van der Waals surface area contributed by atoms with Crippen LogP contribution in [0.15, 0.2) is 42.6 Å². The molecule has 0 unspecified atom stereocenters. The molecule has 1 aromatic carbocycles. The van der Waals surface area contributed by atoms with Gasteiger partial charge in [0, 0.05) is 6.20 Å². The van der Waals surface area contributed by atoms with E-state index in [0.717, 1.165) is 5.56 Å². The first-order valence-electron chi connectivity index (χ1n) is 6.07. The monoisotopic (exact) mass is 268 g/mol. The molecular formula is C14H12N4O2. The van der Waals surface area contributed by atoms with E-state index in [0.29, 0.717) is 16.9 Å². The van der Waals surface area contributed by atoms with Gasteiger partial charge >= 0.3 is 0 Å². The van der Waals surface area contributed by atoms with Gasteiger partial charge in [-0.1, -0.05) is 18.2 Å². The molecule has 0 bridgehead atoms. The summed E-state index contributed by atoms with van der Waals surface area (Å²) in [6.45, 7) is 0.199. The van der Waals surface area contributed by atoms with Crippen LogP contribution in [0.1, 0.15) is 26.3 Å². The number of benzene rings is 1. The van der Waals surface area contributed by atoms with Gasteiger partial charge in [-0.25, -0.2) is 10.8 Å². The molecule has 2 amide bonds. The predicted molar refractivity (Wildman–Crippen MR) is 72.7 cm³/mol. The number of amides is 2. The Balaban J connectivity index is 1.85. The predicted octanol–water partition coefficient (Wildman–Crippen LogP) is 1.16. The van der Waals surface area contributed by atoms with Crippen LogP contribution in [0.3, 0.4) is 0 Å². The molecule has 20 heavy (non-hydrogen) atoms. The molecule has 3 N–H and O–H groups in total. The van der Waals surface area contributed by atoms with Gasteiger partial charge in [0.15, 0.2) is 0 Å². The summed E-state index contributed by atoms with van der Waals surface area (Å²) in [6, 6.07) is 10.3. The molecule has 0 saturated carbocycles. The second-order valence-electron chi connectivity index (χ2n) is 4.44. The average molecular weight is 268 g/mol. The zero-order valence-corrected chi connectivity index (χ0v) is 10.5. The number of hydrogen-bond acceptors (Lipinski definition) is 5. The Labute approximate surface area is 115 Å². The van der Waals surface area contributed by atoms with Crippen molar-refractivity contribution in [3.05, 3.63) is 59.3 Å². The van der Waals surface area contributed by atoms with Crippen LogP contribution in [-0.4, -0.2) is 21.7 Å². The second kappa shape index (κ2) is 4.75. The number of imide groups is 1. The number of aromatic nitrogens is 1. The van der Waals surface area contributed by atoms with E-state index in [1.807, 2.05) is 0 Å². The molecule has 0 radical (unpaired) electrons. The van der Waals surface area contributed by atoms with Crippen LogP contribution in [0, 0.1) is 0 Å². The number of nitrogens with one attached hydrogen (secondary N) is 1. The second-order valence-corrected chi connectivity index (χ2v) is 4.44. The van der Waals surface area contributed by atoms with Gasteiger partial charge in [-0.15, -0.1) is 0 Å². The average Bonchev–Trinajstić information content (AvgIpc) is 2.74. The van der Waals surface area contributed by atoms with Crippen LogP contribution in [0.2, 0.25) is 0 Å². The van der Waals surface area contributed by atoms with Crippen molar-refractivity contribution >= 4 is 17.6 Å². The van der Waals surface area contributed by atoms with Crippen molar-refractivity contribution in [1.82, 2.24) is 9.88 Å². The van der Waals surface area contributed by atoms with Gasteiger partial charge in [0.1, 0.15) is 5.82 Å². The summed E-state index contributed by atoms with van der Waals surface area (Å²) in [7, 11) is 0. The van der Waals surface area contributed by atoms with Gasteiger partial charge in [-0.2, -0.15) is 0 Å². The molecule has 100 valence electrons. The number of carbonyl (C=O) groups excluding carboxylic acids is 2. The topological polar surface area (TPSA) is 88.3 Å². The number of nitrogens with two attached hydrogens (primary N) is 1. The third-order valence-electron chi connectivity index (χ3n) is 3.19. The zero-order valence-electron chi connectivity index (χ0n) is 10.5. The molecule has 1 aromatic heterocycles.